The molecule has 0 atom stereocenters. The van der Waals surface area contributed by atoms with Gasteiger partial charge in [-0.1, -0.05) is 18.2 Å². The van der Waals surface area contributed by atoms with Gasteiger partial charge in [0.15, 0.2) is 0 Å². The van der Waals surface area contributed by atoms with Crippen LogP contribution in [0.4, 0.5) is 0 Å². The fourth-order valence-electron chi connectivity index (χ4n) is 2.31. The van der Waals surface area contributed by atoms with Crippen molar-refractivity contribution in [2.24, 2.45) is 0 Å². The molecule has 2 aromatic carbocycles. The molecular weight excluding hydrogens is 282 g/mol. The van der Waals surface area contributed by atoms with Crippen molar-refractivity contribution in [3.8, 4) is 5.75 Å². The molecule has 1 amide bonds. The molecule has 0 aliphatic carbocycles. The summed E-state index contributed by atoms with van der Waals surface area (Å²) in [7, 11) is 1.60. The largest absolute Gasteiger partial charge is 0.497 e. The van der Waals surface area contributed by atoms with E-state index >= 15 is 0 Å². The second-order valence-corrected chi connectivity index (χ2v) is 4.84. The molecule has 0 saturated carbocycles. The summed E-state index contributed by atoms with van der Waals surface area (Å²) in [6, 6.07) is 12.6. The third-order valence-corrected chi connectivity index (χ3v) is 3.38. The van der Waals surface area contributed by atoms with E-state index in [1.807, 2.05) is 24.3 Å². The fourth-order valence-corrected chi connectivity index (χ4v) is 2.31. The molecule has 3 rings (SSSR count). The van der Waals surface area contributed by atoms with Crippen LogP contribution in [0.3, 0.4) is 0 Å². The molecule has 0 aliphatic rings. The minimum Gasteiger partial charge on any atom is -0.497 e. The number of rotatable bonds is 4. The number of nitrogens with one attached hydrogen (secondary N) is 3. The molecule has 0 bridgehead atoms. The maximum atomic E-state index is 12.3. The van der Waals surface area contributed by atoms with Crippen molar-refractivity contribution >= 4 is 16.9 Å². The number of imidazole rings is 1. The monoisotopic (exact) mass is 297 g/mol. The van der Waals surface area contributed by atoms with Gasteiger partial charge >= 0.3 is 5.69 Å². The number of H-pyrrole nitrogens is 2. The first kappa shape index (κ1) is 13.9. The van der Waals surface area contributed by atoms with Gasteiger partial charge in [-0.2, -0.15) is 0 Å². The van der Waals surface area contributed by atoms with E-state index in [0.717, 1.165) is 11.3 Å². The molecule has 0 saturated heterocycles. The van der Waals surface area contributed by atoms with Crippen LogP contribution in [-0.4, -0.2) is 23.0 Å². The molecule has 6 nitrogen and oxygen atoms in total. The summed E-state index contributed by atoms with van der Waals surface area (Å²) < 4.78 is 5.15. The van der Waals surface area contributed by atoms with Gasteiger partial charge in [0, 0.05) is 6.54 Å². The van der Waals surface area contributed by atoms with E-state index in [4.69, 9.17) is 4.74 Å². The number of aromatic amines is 2. The van der Waals surface area contributed by atoms with Crippen molar-refractivity contribution < 1.29 is 9.53 Å². The van der Waals surface area contributed by atoms with Gasteiger partial charge in [-0.15, -0.1) is 0 Å². The molecule has 0 aliphatic heterocycles. The predicted octanol–water partition coefficient (Wildman–Crippen LogP) is 1.79. The average molecular weight is 297 g/mol. The normalized spacial score (nSPS) is 10.6. The van der Waals surface area contributed by atoms with Crippen LogP contribution in [-0.2, 0) is 6.54 Å². The third-order valence-electron chi connectivity index (χ3n) is 3.38. The Balaban J connectivity index is 1.80. The smallest absolute Gasteiger partial charge is 0.323 e. The number of benzene rings is 2. The predicted molar refractivity (Wildman–Crippen MR) is 83.1 cm³/mol. The van der Waals surface area contributed by atoms with E-state index in [2.05, 4.69) is 15.3 Å². The molecule has 22 heavy (non-hydrogen) atoms. The first-order chi connectivity index (χ1) is 10.7. The second-order valence-electron chi connectivity index (χ2n) is 4.84. The van der Waals surface area contributed by atoms with Gasteiger partial charge in [0.05, 0.1) is 23.7 Å². The molecule has 0 unspecified atom stereocenters. The lowest BCUT2D eigenvalue weighted by molar-refractivity contribution is 0.0952. The maximum Gasteiger partial charge on any atom is 0.323 e. The zero-order valence-corrected chi connectivity index (χ0v) is 12.0. The molecule has 0 fully saturated rings. The molecule has 112 valence electrons. The van der Waals surface area contributed by atoms with Crippen LogP contribution in [0, 0.1) is 0 Å². The Morgan fingerprint density at radius 2 is 2.00 bits per heavy atom. The van der Waals surface area contributed by atoms with Crippen molar-refractivity contribution in [2.45, 2.75) is 6.54 Å². The Morgan fingerprint density at radius 3 is 2.82 bits per heavy atom. The summed E-state index contributed by atoms with van der Waals surface area (Å²) in [5.41, 5.74) is 2.15. The lowest BCUT2D eigenvalue weighted by Crippen LogP contribution is -2.23. The van der Waals surface area contributed by atoms with E-state index < -0.39 is 0 Å². The lowest BCUT2D eigenvalue weighted by Gasteiger charge is -2.07. The standard InChI is InChI=1S/C16H15N3O3/c1-22-11-5-2-4-10(8-11)9-17-15(20)12-6-3-7-13-14(12)19-16(21)18-13/h2-8H,9H2,1H3,(H,17,20)(H2,18,19,21). The average Bonchev–Trinajstić information content (AvgIpc) is 2.92. The number of para-hydroxylation sites is 1. The fraction of sp³-hybridized carbons (Fsp3) is 0.125. The van der Waals surface area contributed by atoms with Crippen LogP contribution in [0.5, 0.6) is 5.75 Å². The molecule has 1 aromatic heterocycles. The van der Waals surface area contributed by atoms with Gasteiger partial charge in [0.1, 0.15) is 5.75 Å². The van der Waals surface area contributed by atoms with Gasteiger partial charge in [-0.25, -0.2) is 4.79 Å². The Morgan fingerprint density at radius 1 is 1.18 bits per heavy atom. The van der Waals surface area contributed by atoms with Crippen LogP contribution in [0.15, 0.2) is 47.3 Å². The van der Waals surface area contributed by atoms with E-state index in [-0.39, 0.29) is 11.6 Å². The van der Waals surface area contributed by atoms with Crippen LogP contribution >= 0.6 is 0 Å². The van der Waals surface area contributed by atoms with Crippen LogP contribution in [0.1, 0.15) is 15.9 Å². The number of methoxy groups -OCH3 is 1. The number of hydrogen-bond donors (Lipinski definition) is 3. The number of amides is 1. The van der Waals surface area contributed by atoms with Crippen molar-refractivity contribution in [1.29, 1.82) is 0 Å². The van der Waals surface area contributed by atoms with Crippen LogP contribution < -0.4 is 15.7 Å². The lowest BCUT2D eigenvalue weighted by atomic mass is 10.1. The number of fused-ring (bicyclic) bond motifs is 1. The summed E-state index contributed by atoms with van der Waals surface area (Å²) in [5, 5.41) is 2.84. The molecule has 1 heterocycles. The van der Waals surface area contributed by atoms with Crippen LogP contribution in [0.2, 0.25) is 0 Å². The topological polar surface area (TPSA) is 87.0 Å². The van der Waals surface area contributed by atoms with E-state index in [1.54, 1.807) is 25.3 Å². The zero-order valence-electron chi connectivity index (χ0n) is 12.0. The highest BCUT2D eigenvalue weighted by molar-refractivity contribution is 6.04. The number of carbonyl (C=O) groups is 1. The molecule has 3 N–H and O–H groups in total. The molecule has 3 aromatic rings. The van der Waals surface area contributed by atoms with Crippen molar-refractivity contribution in [3.63, 3.8) is 0 Å². The van der Waals surface area contributed by atoms with Gasteiger partial charge in [-0.3, -0.25) is 4.79 Å². The highest BCUT2D eigenvalue weighted by Crippen LogP contribution is 2.14. The van der Waals surface area contributed by atoms with Gasteiger partial charge in [0.25, 0.3) is 5.91 Å². The van der Waals surface area contributed by atoms with E-state index in [9.17, 15) is 9.59 Å². The SMILES string of the molecule is COc1cccc(CNC(=O)c2cccc3[nH]c(=O)[nH]c23)c1. The van der Waals surface area contributed by atoms with Crippen molar-refractivity contribution in [3.05, 3.63) is 64.1 Å². The van der Waals surface area contributed by atoms with Gasteiger partial charge in [-0.05, 0) is 29.8 Å². The minimum absolute atomic E-state index is 0.247. The zero-order chi connectivity index (χ0) is 15.5. The minimum atomic E-state index is -0.331. The van der Waals surface area contributed by atoms with E-state index in [0.29, 0.717) is 23.1 Å². The summed E-state index contributed by atoms with van der Waals surface area (Å²) in [6.07, 6.45) is 0. The summed E-state index contributed by atoms with van der Waals surface area (Å²) in [4.78, 5) is 28.9. The number of carbonyl (C=O) groups excluding carboxylic acids is 1. The highest BCUT2D eigenvalue weighted by atomic mass is 16.5. The van der Waals surface area contributed by atoms with Gasteiger partial charge < -0.3 is 20.0 Å². The summed E-state index contributed by atoms with van der Waals surface area (Å²) >= 11 is 0. The Bertz CT molecular complexity index is 879. The van der Waals surface area contributed by atoms with Crippen LogP contribution in [0.25, 0.3) is 11.0 Å². The summed E-state index contributed by atoms with van der Waals surface area (Å²) in [5.74, 6) is 0.493. The van der Waals surface area contributed by atoms with Gasteiger partial charge in [0.2, 0.25) is 0 Å². The number of aromatic nitrogens is 2. The highest BCUT2D eigenvalue weighted by Gasteiger charge is 2.11. The Hall–Kier alpha value is -3.02. The quantitative estimate of drug-likeness (QED) is 0.686. The molecule has 0 radical (unpaired) electrons. The Kier molecular flexibility index (Phi) is 3.65. The summed E-state index contributed by atoms with van der Waals surface area (Å²) in [6.45, 7) is 0.376. The molecule has 0 spiro atoms. The first-order valence-electron chi connectivity index (χ1n) is 6.79. The third kappa shape index (κ3) is 2.71. The molecular formula is C16H15N3O3. The Labute approximate surface area is 126 Å². The number of ether oxygens (including phenoxy) is 1. The molecule has 6 heteroatoms. The maximum absolute atomic E-state index is 12.3. The second kappa shape index (κ2) is 5.77. The van der Waals surface area contributed by atoms with Crippen molar-refractivity contribution in [2.75, 3.05) is 7.11 Å². The van der Waals surface area contributed by atoms with Crippen molar-refractivity contribution in [1.82, 2.24) is 15.3 Å². The van der Waals surface area contributed by atoms with E-state index in [1.165, 1.54) is 0 Å². The number of hydrogen-bond acceptors (Lipinski definition) is 3. The first-order valence-corrected chi connectivity index (χ1v) is 6.79.